The van der Waals surface area contributed by atoms with Crippen molar-refractivity contribution in [2.45, 2.75) is 0 Å². The third-order valence-corrected chi connectivity index (χ3v) is 1.58. The molecule has 0 aromatic carbocycles. The number of nitrogens with zero attached hydrogens (tertiary/aromatic N) is 1. The van der Waals surface area contributed by atoms with Crippen LogP contribution < -0.4 is 0 Å². The van der Waals surface area contributed by atoms with Gasteiger partial charge in [-0.3, -0.25) is 0 Å². The number of rotatable bonds is 2. The molecule has 0 aliphatic rings. The van der Waals surface area contributed by atoms with Crippen LogP contribution >= 0.6 is 11.6 Å². The lowest BCUT2D eigenvalue weighted by Crippen LogP contribution is -1.82. The minimum absolute atomic E-state index is 0.477. The van der Waals surface area contributed by atoms with Crippen LogP contribution in [0, 0.1) is 0 Å². The fraction of sp³-hybridized carbons (Fsp3) is 0. The van der Waals surface area contributed by atoms with E-state index in [0.29, 0.717) is 5.15 Å². The van der Waals surface area contributed by atoms with Crippen molar-refractivity contribution in [1.29, 1.82) is 0 Å². The van der Waals surface area contributed by atoms with E-state index >= 15 is 0 Å². The Kier molecular flexibility index (Phi) is 2.44. The molecular weight excluding hydrogens is 158 g/mol. The van der Waals surface area contributed by atoms with Crippen molar-refractivity contribution < 1.29 is 0 Å². The van der Waals surface area contributed by atoms with E-state index in [4.69, 9.17) is 11.6 Å². The van der Waals surface area contributed by atoms with Gasteiger partial charge in [0.1, 0.15) is 5.15 Å². The predicted octanol–water partition coefficient (Wildman–Crippen LogP) is 3.02. The Morgan fingerprint density at radius 1 is 1.27 bits per heavy atom. The molecule has 0 aliphatic heterocycles. The Morgan fingerprint density at radius 2 is 1.91 bits per heavy atom. The van der Waals surface area contributed by atoms with Crippen LogP contribution in [-0.2, 0) is 0 Å². The molecule has 11 heavy (non-hydrogen) atoms. The molecule has 0 saturated heterocycles. The van der Waals surface area contributed by atoms with E-state index in [9.17, 15) is 0 Å². The fourth-order valence-electron chi connectivity index (χ4n) is 0.802. The van der Waals surface area contributed by atoms with Gasteiger partial charge in [0, 0.05) is 6.20 Å². The molecule has 0 bridgehead atoms. The van der Waals surface area contributed by atoms with Gasteiger partial charge in [-0.15, -0.1) is 0 Å². The van der Waals surface area contributed by atoms with Crippen LogP contribution in [0.3, 0.4) is 0 Å². The highest BCUT2D eigenvalue weighted by molar-refractivity contribution is 6.29. The molecule has 1 rings (SSSR count). The number of hydrogen-bond donors (Lipinski definition) is 0. The molecule has 0 atom stereocenters. The second kappa shape index (κ2) is 3.35. The second-order valence-corrected chi connectivity index (χ2v) is 2.43. The first-order valence-electron chi connectivity index (χ1n) is 3.18. The van der Waals surface area contributed by atoms with E-state index in [0.717, 1.165) is 11.1 Å². The Bertz CT molecular complexity index is 292. The number of pyridine rings is 1. The Labute approximate surface area is 71.0 Å². The Balaban J connectivity index is 3.26. The van der Waals surface area contributed by atoms with E-state index in [1.54, 1.807) is 24.4 Å². The lowest BCUT2D eigenvalue weighted by Gasteiger charge is -1.98. The van der Waals surface area contributed by atoms with Crippen LogP contribution in [0.2, 0.25) is 5.15 Å². The fourth-order valence-corrected chi connectivity index (χ4v) is 0.968. The third-order valence-electron chi connectivity index (χ3n) is 1.37. The number of aromatic nitrogens is 1. The highest BCUT2D eigenvalue weighted by Crippen LogP contribution is 2.14. The van der Waals surface area contributed by atoms with E-state index in [1.165, 1.54) is 0 Å². The van der Waals surface area contributed by atoms with Gasteiger partial charge >= 0.3 is 0 Å². The molecule has 0 saturated carbocycles. The summed E-state index contributed by atoms with van der Waals surface area (Å²) >= 11 is 5.66. The van der Waals surface area contributed by atoms with Crippen molar-refractivity contribution in [2.24, 2.45) is 0 Å². The summed E-state index contributed by atoms with van der Waals surface area (Å²) in [5.41, 5.74) is 1.91. The average molecular weight is 166 g/mol. The van der Waals surface area contributed by atoms with Crippen molar-refractivity contribution >= 4 is 23.8 Å². The predicted molar refractivity (Wildman–Crippen MR) is 49.4 cm³/mol. The molecule has 1 aromatic heterocycles. The van der Waals surface area contributed by atoms with E-state index in [1.807, 2.05) is 0 Å². The molecule has 0 spiro atoms. The number of hydrogen-bond acceptors (Lipinski definition) is 1. The van der Waals surface area contributed by atoms with Gasteiger partial charge in [0.15, 0.2) is 0 Å². The van der Waals surface area contributed by atoms with Crippen LogP contribution in [0.4, 0.5) is 0 Å². The summed E-state index contributed by atoms with van der Waals surface area (Å²) in [4.78, 5) is 3.90. The first-order chi connectivity index (χ1) is 5.27. The minimum Gasteiger partial charge on any atom is -0.244 e. The van der Waals surface area contributed by atoms with Crippen LogP contribution in [0.25, 0.3) is 12.2 Å². The zero-order valence-corrected chi connectivity index (χ0v) is 6.80. The first kappa shape index (κ1) is 8.02. The highest BCUT2D eigenvalue weighted by Gasteiger charge is 1.95. The van der Waals surface area contributed by atoms with Crippen molar-refractivity contribution in [1.82, 2.24) is 4.98 Å². The molecule has 2 heteroatoms. The maximum atomic E-state index is 5.66. The molecule has 0 aliphatic carbocycles. The molecule has 56 valence electrons. The van der Waals surface area contributed by atoms with Crippen molar-refractivity contribution in [3.05, 3.63) is 41.7 Å². The SMILES string of the molecule is C=Cc1cnc(Cl)cc1C=C. The van der Waals surface area contributed by atoms with Crippen LogP contribution in [0.15, 0.2) is 25.4 Å². The normalized spacial score (nSPS) is 9.18. The van der Waals surface area contributed by atoms with Crippen LogP contribution in [0.5, 0.6) is 0 Å². The van der Waals surface area contributed by atoms with Gasteiger partial charge in [-0.25, -0.2) is 4.98 Å². The summed E-state index contributed by atoms with van der Waals surface area (Å²) in [5.74, 6) is 0. The van der Waals surface area contributed by atoms with Crippen LogP contribution in [0.1, 0.15) is 11.1 Å². The van der Waals surface area contributed by atoms with Gasteiger partial charge in [-0.05, 0) is 17.2 Å². The zero-order chi connectivity index (χ0) is 8.27. The Hall–Kier alpha value is -1.08. The maximum Gasteiger partial charge on any atom is 0.129 e. The van der Waals surface area contributed by atoms with Crippen molar-refractivity contribution in [3.8, 4) is 0 Å². The van der Waals surface area contributed by atoms with Crippen molar-refractivity contribution in [3.63, 3.8) is 0 Å². The molecule has 0 N–H and O–H groups in total. The van der Waals surface area contributed by atoms with Crippen molar-refractivity contribution in [2.75, 3.05) is 0 Å². The average Bonchev–Trinajstić information content (AvgIpc) is 2.04. The van der Waals surface area contributed by atoms with Gasteiger partial charge in [0.25, 0.3) is 0 Å². The molecule has 0 unspecified atom stereocenters. The maximum absolute atomic E-state index is 5.66. The summed E-state index contributed by atoms with van der Waals surface area (Å²) in [6, 6.07) is 1.76. The third kappa shape index (κ3) is 1.69. The summed E-state index contributed by atoms with van der Waals surface area (Å²) in [6.07, 6.45) is 5.12. The summed E-state index contributed by atoms with van der Waals surface area (Å²) < 4.78 is 0. The van der Waals surface area contributed by atoms with Gasteiger partial charge in [0.2, 0.25) is 0 Å². The summed E-state index contributed by atoms with van der Waals surface area (Å²) in [6.45, 7) is 7.28. The van der Waals surface area contributed by atoms with Gasteiger partial charge < -0.3 is 0 Å². The van der Waals surface area contributed by atoms with Gasteiger partial charge in [-0.2, -0.15) is 0 Å². The Morgan fingerprint density at radius 3 is 2.45 bits per heavy atom. The van der Waals surface area contributed by atoms with Gasteiger partial charge in [-0.1, -0.05) is 36.9 Å². The standard InChI is InChI=1S/C9H8ClN/c1-3-7-5-9(10)11-6-8(7)4-2/h3-6H,1-2H2. The molecule has 1 nitrogen and oxygen atoms in total. The zero-order valence-electron chi connectivity index (χ0n) is 6.05. The molecule has 0 amide bonds. The molecule has 0 fully saturated rings. The molecule has 1 heterocycles. The quantitative estimate of drug-likeness (QED) is 0.614. The van der Waals surface area contributed by atoms with Gasteiger partial charge in [0.05, 0.1) is 0 Å². The van der Waals surface area contributed by atoms with E-state index in [-0.39, 0.29) is 0 Å². The molecule has 1 aromatic rings. The number of halogens is 1. The second-order valence-electron chi connectivity index (χ2n) is 2.04. The van der Waals surface area contributed by atoms with Crippen LogP contribution in [-0.4, -0.2) is 4.98 Å². The molecular formula is C9H8ClN. The lowest BCUT2D eigenvalue weighted by atomic mass is 10.1. The minimum atomic E-state index is 0.477. The molecule has 0 radical (unpaired) electrons. The largest absolute Gasteiger partial charge is 0.244 e. The highest BCUT2D eigenvalue weighted by atomic mass is 35.5. The first-order valence-corrected chi connectivity index (χ1v) is 3.56. The lowest BCUT2D eigenvalue weighted by molar-refractivity contribution is 1.31. The smallest absolute Gasteiger partial charge is 0.129 e. The summed E-state index contributed by atoms with van der Waals surface area (Å²) in [7, 11) is 0. The summed E-state index contributed by atoms with van der Waals surface area (Å²) in [5, 5.41) is 0.477. The monoisotopic (exact) mass is 165 g/mol. The van der Waals surface area contributed by atoms with E-state index < -0.39 is 0 Å². The topological polar surface area (TPSA) is 12.9 Å². The van der Waals surface area contributed by atoms with E-state index in [2.05, 4.69) is 18.1 Å².